The van der Waals surface area contributed by atoms with E-state index in [2.05, 4.69) is 70.5 Å². The van der Waals surface area contributed by atoms with Crippen LogP contribution in [-0.2, 0) is 12.8 Å². The highest BCUT2D eigenvalue weighted by molar-refractivity contribution is 5.51. The second-order valence-corrected chi connectivity index (χ2v) is 12.9. The summed E-state index contributed by atoms with van der Waals surface area (Å²) in [6, 6.07) is 35.6. The number of nitrogen functional groups attached to an aromatic ring is 1. The normalized spacial score (nSPS) is 16.1. The molecule has 0 amide bonds. The zero-order valence-electron chi connectivity index (χ0n) is 28.0. The van der Waals surface area contributed by atoms with Gasteiger partial charge in [-0.15, -0.1) is 0 Å². The number of hydrogen-bond donors (Lipinski definition) is 1. The molecule has 0 aliphatic carbocycles. The zero-order chi connectivity index (χ0) is 33.4. The van der Waals surface area contributed by atoms with Crippen molar-refractivity contribution in [1.82, 2.24) is 9.80 Å². The molecule has 48 heavy (non-hydrogen) atoms. The van der Waals surface area contributed by atoms with Gasteiger partial charge in [0.15, 0.2) is 0 Å². The molecule has 0 bridgehead atoms. The summed E-state index contributed by atoms with van der Waals surface area (Å²) >= 11 is 0. The molecule has 2 aliphatic heterocycles. The minimum atomic E-state index is -0.398. The molecule has 2 fully saturated rings. The maximum Gasteiger partial charge on any atom is 0.273 e. The van der Waals surface area contributed by atoms with Gasteiger partial charge in [0.1, 0.15) is 24.7 Å². The SMILES string of the molecule is Nc1ccccc1OCCN1CCC(Cc2ccccc2)CC1.O=[N+]([O-])c1cccc(OCCN2CCC(Cc3ccccc3)CC2)c1. The Morgan fingerprint density at radius 3 is 1.67 bits per heavy atom. The number of non-ortho nitro benzene ring substituents is 1. The predicted octanol–water partition coefficient (Wildman–Crippen LogP) is 7.53. The molecule has 0 saturated carbocycles. The molecule has 8 nitrogen and oxygen atoms in total. The molecule has 0 unspecified atom stereocenters. The number of hydrogen-bond acceptors (Lipinski definition) is 7. The Bertz CT molecular complexity index is 1500. The van der Waals surface area contributed by atoms with Crippen molar-refractivity contribution in [1.29, 1.82) is 0 Å². The van der Waals surface area contributed by atoms with E-state index < -0.39 is 4.92 Å². The Morgan fingerprint density at radius 1 is 0.646 bits per heavy atom. The quantitative estimate of drug-likeness (QED) is 0.0908. The number of nitro groups is 1. The maximum atomic E-state index is 10.8. The molecule has 4 aromatic rings. The fraction of sp³-hybridized carbons (Fsp3) is 0.400. The van der Waals surface area contributed by atoms with Crippen LogP contribution in [0.2, 0.25) is 0 Å². The Hall–Kier alpha value is -4.40. The van der Waals surface area contributed by atoms with Gasteiger partial charge in [-0.1, -0.05) is 78.9 Å². The van der Waals surface area contributed by atoms with Gasteiger partial charge in [-0.25, -0.2) is 0 Å². The lowest BCUT2D eigenvalue weighted by Crippen LogP contribution is -2.37. The molecule has 0 atom stereocenters. The monoisotopic (exact) mass is 650 g/mol. The van der Waals surface area contributed by atoms with E-state index in [1.54, 1.807) is 12.1 Å². The third-order valence-electron chi connectivity index (χ3n) is 9.44. The van der Waals surface area contributed by atoms with E-state index in [0.717, 1.165) is 43.8 Å². The van der Waals surface area contributed by atoms with Gasteiger partial charge in [0.25, 0.3) is 5.69 Å². The van der Waals surface area contributed by atoms with Gasteiger partial charge in [-0.2, -0.15) is 0 Å². The van der Waals surface area contributed by atoms with E-state index in [4.69, 9.17) is 15.2 Å². The average Bonchev–Trinajstić information content (AvgIpc) is 3.12. The van der Waals surface area contributed by atoms with E-state index >= 15 is 0 Å². The van der Waals surface area contributed by atoms with E-state index in [9.17, 15) is 10.1 Å². The fourth-order valence-corrected chi connectivity index (χ4v) is 6.60. The smallest absolute Gasteiger partial charge is 0.273 e. The highest BCUT2D eigenvalue weighted by Crippen LogP contribution is 2.24. The molecule has 0 aromatic heterocycles. The molecule has 0 radical (unpaired) electrons. The summed E-state index contributed by atoms with van der Waals surface area (Å²) in [5.41, 5.74) is 9.57. The van der Waals surface area contributed by atoms with Crippen molar-refractivity contribution in [3.63, 3.8) is 0 Å². The number of likely N-dealkylation sites (tertiary alicyclic amines) is 2. The molecule has 254 valence electrons. The molecule has 2 N–H and O–H groups in total. The van der Waals surface area contributed by atoms with Crippen molar-refractivity contribution in [2.45, 2.75) is 38.5 Å². The first-order chi connectivity index (χ1) is 23.5. The molecule has 2 saturated heterocycles. The van der Waals surface area contributed by atoms with Crippen molar-refractivity contribution in [3.8, 4) is 11.5 Å². The first-order valence-corrected chi connectivity index (χ1v) is 17.4. The Kier molecular flexibility index (Phi) is 13.7. The second-order valence-electron chi connectivity index (χ2n) is 12.9. The highest BCUT2D eigenvalue weighted by atomic mass is 16.6. The third-order valence-corrected chi connectivity index (χ3v) is 9.44. The number of para-hydroxylation sites is 2. The number of ether oxygens (including phenoxy) is 2. The largest absolute Gasteiger partial charge is 0.492 e. The van der Waals surface area contributed by atoms with Crippen LogP contribution in [0.15, 0.2) is 109 Å². The van der Waals surface area contributed by atoms with Gasteiger partial charge in [0.2, 0.25) is 0 Å². The van der Waals surface area contributed by atoms with Gasteiger partial charge < -0.3 is 15.2 Å². The number of rotatable bonds is 13. The van der Waals surface area contributed by atoms with E-state index in [-0.39, 0.29) is 5.69 Å². The number of piperidine rings is 2. The summed E-state index contributed by atoms with van der Waals surface area (Å²) in [4.78, 5) is 15.3. The minimum Gasteiger partial charge on any atom is -0.492 e. The van der Waals surface area contributed by atoms with Crippen molar-refractivity contribution < 1.29 is 14.4 Å². The summed E-state index contributed by atoms with van der Waals surface area (Å²) in [6.07, 6.45) is 7.37. The summed E-state index contributed by atoms with van der Waals surface area (Å²) in [6.45, 7) is 7.64. The lowest BCUT2D eigenvalue weighted by atomic mass is 9.90. The summed E-state index contributed by atoms with van der Waals surface area (Å²) in [7, 11) is 0. The molecule has 6 rings (SSSR count). The van der Waals surface area contributed by atoms with Crippen molar-refractivity contribution >= 4 is 11.4 Å². The van der Waals surface area contributed by atoms with Crippen molar-refractivity contribution in [2.75, 3.05) is 58.2 Å². The van der Waals surface area contributed by atoms with Crippen LogP contribution in [0.25, 0.3) is 0 Å². The molecule has 4 aromatic carbocycles. The van der Waals surface area contributed by atoms with Gasteiger partial charge in [-0.3, -0.25) is 19.9 Å². The topological polar surface area (TPSA) is 94.1 Å². The summed E-state index contributed by atoms with van der Waals surface area (Å²) < 4.78 is 11.5. The highest BCUT2D eigenvalue weighted by Gasteiger charge is 2.20. The minimum absolute atomic E-state index is 0.0687. The van der Waals surface area contributed by atoms with Crippen molar-refractivity contribution in [3.05, 3.63) is 130 Å². The lowest BCUT2D eigenvalue weighted by Gasteiger charge is -2.32. The van der Waals surface area contributed by atoms with Crippen LogP contribution in [-0.4, -0.2) is 67.2 Å². The fourth-order valence-electron chi connectivity index (χ4n) is 6.60. The van der Waals surface area contributed by atoms with E-state index in [1.165, 1.54) is 74.9 Å². The number of nitrogens with two attached hydrogens (primary N) is 1. The first-order valence-electron chi connectivity index (χ1n) is 17.4. The third kappa shape index (κ3) is 11.7. The molecule has 2 heterocycles. The summed E-state index contributed by atoms with van der Waals surface area (Å²) in [5.74, 6) is 2.94. The standard InChI is InChI=1S/C20H24N2O3.C20H26N2O/c23-22(24)19-7-4-8-20(16-19)25-14-13-21-11-9-18(10-12-21)15-17-5-2-1-3-6-17;21-19-8-4-5-9-20(19)23-15-14-22-12-10-18(11-13-22)16-17-6-2-1-3-7-17/h1-8,16,18H,9-15H2;1-9,18H,10-16,21H2. The maximum absolute atomic E-state index is 10.8. The number of nitrogens with zero attached hydrogens (tertiary/aromatic N) is 3. The van der Waals surface area contributed by atoms with Crippen LogP contribution in [0.4, 0.5) is 11.4 Å². The number of nitro benzene ring substituents is 1. The molecule has 2 aliphatic rings. The van der Waals surface area contributed by atoms with E-state index in [0.29, 0.717) is 24.7 Å². The van der Waals surface area contributed by atoms with Crippen LogP contribution < -0.4 is 15.2 Å². The van der Waals surface area contributed by atoms with Crippen LogP contribution in [0.3, 0.4) is 0 Å². The number of anilines is 1. The van der Waals surface area contributed by atoms with E-state index in [1.807, 2.05) is 24.3 Å². The molecule has 0 spiro atoms. The van der Waals surface area contributed by atoms with Crippen LogP contribution in [0.5, 0.6) is 11.5 Å². The van der Waals surface area contributed by atoms with Gasteiger partial charge in [0, 0.05) is 19.2 Å². The molecule has 8 heteroatoms. The molecular weight excluding hydrogens is 600 g/mol. The predicted molar refractivity (Wildman–Crippen MR) is 194 cm³/mol. The Balaban J connectivity index is 0.000000188. The van der Waals surface area contributed by atoms with Gasteiger partial charge in [-0.05, 0) is 106 Å². The van der Waals surface area contributed by atoms with Gasteiger partial charge in [0.05, 0.1) is 16.7 Å². The Labute approximate surface area is 285 Å². The Morgan fingerprint density at radius 2 is 1.15 bits per heavy atom. The van der Waals surface area contributed by atoms with Crippen LogP contribution in [0, 0.1) is 22.0 Å². The van der Waals surface area contributed by atoms with Crippen LogP contribution >= 0.6 is 0 Å². The number of benzene rings is 4. The van der Waals surface area contributed by atoms with Crippen molar-refractivity contribution in [2.24, 2.45) is 11.8 Å². The summed E-state index contributed by atoms with van der Waals surface area (Å²) in [5, 5.41) is 10.8. The van der Waals surface area contributed by atoms with Crippen LogP contribution in [0.1, 0.15) is 36.8 Å². The second kappa shape index (κ2) is 18.8. The average molecular weight is 651 g/mol. The first kappa shape index (κ1) is 34.9. The zero-order valence-corrected chi connectivity index (χ0v) is 28.0. The molecular formula is C40H50N4O4. The lowest BCUT2D eigenvalue weighted by molar-refractivity contribution is -0.384. The van der Waals surface area contributed by atoms with Gasteiger partial charge >= 0.3 is 0 Å².